The number of piperazine rings is 1. The number of anilines is 1. The van der Waals surface area contributed by atoms with Gasteiger partial charge in [0.05, 0.1) is 12.8 Å². The molecule has 4 heteroatoms. The number of nitrogens with zero attached hydrogens (tertiary/aromatic N) is 2. The van der Waals surface area contributed by atoms with Gasteiger partial charge >= 0.3 is 0 Å². The molecule has 1 aromatic carbocycles. The Hall–Kier alpha value is -1.26. The van der Waals surface area contributed by atoms with Crippen LogP contribution in [0.25, 0.3) is 0 Å². The van der Waals surface area contributed by atoms with Crippen LogP contribution in [0.5, 0.6) is 5.75 Å². The fourth-order valence-electron chi connectivity index (χ4n) is 2.62. The summed E-state index contributed by atoms with van der Waals surface area (Å²) in [6.45, 7) is 7.85. The highest BCUT2D eigenvalue weighted by Gasteiger charge is 2.19. The predicted molar refractivity (Wildman–Crippen MR) is 84.8 cm³/mol. The summed E-state index contributed by atoms with van der Waals surface area (Å²) in [5, 5.41) is 3.30. The zero-order valence-corrected chi connectivity index (χ0v) is 12.9. The van der Waals surface area contributed by atoms with Crippen molar-refractivity contribution in [3.05, 3.63) is 24.3 Å². The molecule has 1 aliphatic heterocycles. The van der Waals surface area contributed by atoms with Crippen molar-refractivity contribution in [2.45, 2.75) is 19.4 Å². The Balaban J connectivity index is 1.85. The Kier molecular flexibility index (Phi) is 5.68. The summed E-state index contributed by atoms with van der Waals surface area (Å²) in [7, 11) is 3.78. The monoisotopic (exact) mass is 277 g/mol. The lowest BCUT2D eigenvalue weighted by Crippen LogP contribution is -2.47. The average molecular weight is 277 g/mol. The second kappa shape index (κ2) is 7.50. The van der Waals surface area contributed by atoms with E-state index >= 15 is 0 Å². The number of benzene rings is 1. The second-order valence-corrected chi connectivity index (χ2v) is 5.48. The number of para-hydroxylation sites is 2. The van der Waals surface area contributed by atoms with E-state index in [0.717, 1.165) is 31.9 Å². The molecule has 0 bridgehead atoms. The van der Waals surface area contributed by atoms with Crippen LogP contribution >= 0.6 is 0 Å². The van der Waals surface area contributed by atoms with E-state index in [1.165, 1.54) is 18.7 Å². The van der Waals surface area contributed by atoms with Crippen LogP contribution in [0.3, 0.4) is 0 Å². The molecule has 1 atom stereocenters. The average Bonchev–Trinajstić information content (AvgIpc) is 2.53. The van der Waals surface area contributed by atoms with Crippen LogP contribution in [-0.2, 0) is 0 Å². The summed E-state index contributed by atoms with van der Waals surface area (Å²) in [5.74, 6) is 0.977. The van der Waals surface area contributed by atoms with Gasteiger partial charge in [-0.3, -0.25) is 4.90 Å². The maximum absolute atomic E-state index is 5.46. The van der Waals surface area contributed by atoms with Gasteiger partial charge in [-0.1, -0.05) is 12.1 Å². The van der Waals surface area contributed by atoms with Gasteiger partial charge in [0, 0.05) is 32.2 Å². The molecule has 0 saturated carbocycles. The Labute approximate surface area is 122 Å². The van der Waals surface area contributed by atoms with Crippen LogP contribution in [0.4, 0.5) is 5.69 Å². The van der Waals surface area contributed by atoms with E-state index in [4.69, 9.17) is 4.74 Å². The lowest BCUT2D eigenvalue weighted by Gasteiger charge is -2.37. The molecular formula is C16H27N3O. The van der Waals surface area contributed by atoms with Crippen molar-refractivity contribution < 1.29 is 4.74 Å². The summed E-state index contributed by atoms with van der Waals surface area (Å²) in [4.78, 5) is 4.98. The van der Waals surface area contributed by atoms with Crippen LogP contribution in [-0.4, -0.2) is 57.8 Å². The number of ether oxygens (including phenoxy) is 1. The number of methoxy groups -OCH3 is 1. The highest BCUT2D eigenvalue weighted by molar-refractivity contribution is 5.58. The molecule has 1 aromatic rings. The van der Waals surface area contributed by atoms with Gasteiger partial charge in [0.25, 0.3) is 0 Å². The lowest BCUT2D eigenvalue weighted by molar-refractivity contribution is 0.245. The Morgan fingerprint density at radius 2 is 1.90 bits per heavy atom. The molecule has 0 aliphatic carbocycles. The smallest absolute Gasteiger partial charge is 0.142 e. The second-order valence-electron chi connectivity index (χ2n) is 5.48. The first-order valence-corrected chi connectivity index (χ1v) is 7.52. The maximum Gasteiger partial charge on any atom is 0.142 e. The molecule has 1 fully saturated rings. The molecule has 0 radical (unpaired) electrons. The van der Waals surface area contributed by atoms with E-state index < -0.39 is 0 Å². The van der Waals surface area contributed by atoms with E-state index in [-0.39, 0.29) is 0 Å². The number of nitrogens with one attached hydrogen (secondary N) is 1. The van der Waals surface area contributed by atoms with Gasteiger partial charge in [-0.25, -0.2) is 0 Å². The molecule has 0 amide bonds. The fourth-order valence-corrected chi connectivity index (χ4v) is 2.62. The van der Waals surface area contributed by atoms with Crippen LogP contribution in [0, 0.1) is 0 Å². The topological polar surface area (TPSA) is 27.7 Å². The molecular weight excluding hydrogens is 250 g/mol. The highest BCUT2D eigenvalue weighted by atomic mass is 16.5. The number of hydrogen-bond donors (Lipinski definition) is 1. The number of rotatable bonds is 6. The van der Waals surface area contributed by atoms with Crippen molar-refractivity contribution in [1.29, 1.82) is 0 Å². The van der Waals surface area contributed by atoms with Crippen LogP contribution < -0.4 is 15.0 Å². The van der Waals surface area contributed by atoms with Gasteiger partial charge in [0.2, 0.25) is 0 Å². The minimum absolute atomic E-state index is 0.599. The van der Waals surface area contributed by atoms with E-state index in [1.807, 2.05) is 19.2 Å². The summed E-state index contributed by atoms with van der Waals surface area (Å²) in [5.41, 5.74) is 1.22. The van der Waals surface area contributed by atoms with E-state index in [9.17, 15) is 0 Å². The largest absolute Gasteiger partial charge is 0.495 e. The maximum atomic E-state index is 5.46. The molecule has 20 heavy (non-hydrogen) atoms. The summed E-state index contributed by atoms with van der Waals surface area (Å²) < 4.78 is 5.46. The third-order valence-electron chi connectivity index (χ3n) is 4.17. The minimum atomic E-state index is 0.599. The van der Waals surface area contributed by atoms with Gasteiger partial charge in [-0.15, -0.1) is 0 Å². The highest BCUT2D eigenvalue weighted by Crippen LogP contribution is 2.28. The minimum Gasteiger partial charge on any atom is -0.495 e. The quantitative estimate of drug-likeness (QED) is 0.858. The van der Waals surface area contributed by atoms with Gasteiger partial charge in [0.1, 0.15) is 5.75 Å². The van der Waals surface area contributed by atoms with Crippen molar-refractivity contribution in [3.63, 3.8) is 0 Å². The molecule has 2 rings (SSSR count). The van der Waals surface area contributed by atoms with Crippen LogP contribution in [0.1, 0.15) is 13.3 Å². The number of hydrogen-bond acceptors (Lipinski definition) is 4. The van der Waals surface area contributed by atoms with Gasteiger partial charge in [0.15, 0.2) is 0 Å². The van der Waals surface area contributed by atoms with Gasteiger partial charge < -0.3 is 15.0 Å². The standard InChI is InChI=1S/C16H27N3O/c1-14(17-2)8-9-18-10-12-19(13-11-18)15-6-4-5-7-16(15)20-3/h4-7,14,17H,8-13H2,1-3H3. The first-order valence-electron chi connectivity index (χ1n) is 7.52. The van der Waals surface area contributed by atoms with Gasteiger partial charge in [-0.05, 0) is 39.1 Å². The van der Waals surface area contributed by atoms with Crippen molar-refractivity contribution >= 4 is 5.69 Å². The molecule has 1 aliphatic rings. The predicted octanol–water partition coefficient (Wildman–Crippen LogP) is 1.82. The molecule has 1 saturated heterocycles. The van der Waals surface area contributed by atoms with E-state index in [0.29, 0.717) is 6.04 Å². The fraction of sp³-hybridized carbons (Fsp3) is 0.625. The van der Waals surface area contributed by atoms with Crippen molar-refractivity contribution in [2.75, 3.05) is 51.8 Å². The van der Waals surface area contributed by atoms with Crippen molar-refractivity contribution in [3.8, 4) is 5.75 Å². The summed E-state index contributed by atoms with van der Waals surface area (Å²) >= 11 is 0. The molecule has 1 N–H and O–H groups in total. The molecule has 112 valence electrons. The molecule has 1 unspecified atom stereocenters. The Morgan fingerprint density at radius 3 is 2.55 bits per heavy atom. The first-order chi connectivity index (χ1) is 9.74. The summed E-state index contributed by atoms with van der Waals surface area (Å²) in [6, 6.07) is 8.90. The molecule has 4 nitrogen and oxygen atoms in total. The summed E-state index contributed by atoms with van der Waals surface area (Å²) in [6.07, 6.45) is 1.21. The SMILES string of the molecule is CNC(C)CCN1CCN(c2ccccc2OC)CC1. The van der Waals surface area contributed by atoms with Crippen molar-refractivity contribution in [2.24, 2.45) is 0 Å². The molecule has 0 spiro atoms. The van der Waals surface area contributed by atoms with Crippen molar-refractivity contribution in [1.82, 2.24) is 10.2 Å². The lowest BCUT2D eigenvalue weighted by atomic mass is 10.2. The van der Waals surface area contributed by atoms with E-state index in [2.05, 4.69) is 34.2 Å². The van der Waals surface area contributed by atoms with E-state index in [1.54, 1.807) is 7.11 Å². The first kappa shape index (κ1) is 15.1. The Morgan fingerprint density at radius 1 is 1.20 bits per heavy atom. The molecule has 0 aromatic heterocycles. The normalized spacial score (nSPS) is 18.1. The Bertz CT molecular complexity index is 402. The zero-order valence-electron chi connectivity index (χ0n) is 12.9. The third kappa shape index (κ3) is 3.87. The van der Waals surface area contributed by atoms with Crippen LogP contribution in [0.2, 0.25) is 0 Å². The van der Waals surface area contributed by atoms with Gasteiger partial charge in [-0.2, -0.15) is 0 Å². The zero-order chi connectivity index (χ0) is 14.4. The third-order valence-corrected chi connectivity index (χ3v) is 4.17. The van der Waals surface area contributed by atoms with Crippen LogP contribution in [0.15, 0.2) is 24.3 Å². The molecule has 1 heterocycles.